The van der Waals surface area contributed by atoms with Gasteiger partial charge in [-0.1, -0.05) is 18.2 Å². The van der Waals surface area contributed by atoms with E-state index in [2.05, 4.69) is 10.2 Å². The molecule has 3 rings (SSSR count). The van der Waals surface area contributed by atoms with Gasteiger partial charge in [0.05, 0.1) is 5.56 Å². The van der Waals surface area contributed by atoms with E-state index in [0.717, 1.165) is 26.2 Å². The molecule has 0 saturated carbocycles. The van der Waals surface area contributed by atoms with E-state index < -0.39 is 11.7 Å². The molecular formula is C14H17F3N2. The maximum atomic E-state index is 12.9. The summed E-state index contributed by atoms with van der Waals surface area (Å²) in [5.41, 5.74) is -0.104. The van der Waals surface area contributed by atoms with Gasteiger partial charge >= 0.3 is 6.18 Å². The first kappa shape index (κ1) is 12.9. The van der Waals surface area contributed by atoms with Crippen molar-refractivity contribution in [1.29, 1.82) is 0 Å². The van der Waals surface area contributed by atoms with E-state index >= 15 is 0 Å². The number of nitrogens with zero attached hydrogens (tertiary/aromatic N) is 1. The highest BCUT2D eigenvalue weighted by molar-refractivity contribution is 5.29. The summed E-state index contributed by atoms with van der Waals surface area (Å²) in [6, 6.07) is 5.90. The van der Waals surface area contributed by atoms with Gasteiger partial charge in [-0.15, -0.1) is 0 Å². The summed E-state index contributed by atoms with van der Waals surface area (Å²) in [5, 5.41) is 3.34. The minimum atomic E-state index is -4.26. The van der Waals surface area contributed by atoms with Crippen LogP contribution in [0.5, 0.6) is 0 Å². The molecule has 0 radical (unpaired) electrons. The summed E-state index contributed by atoms with van der Waals surface area (Å²) < 4.78 is 38.8. The van der Waals surface area contributed by atoms with E-state index in [1.807, 2.05) is 0 Å². The van der Waals surface area contributed by atoms with Crippen molar-refractivity contribution < 1.29 is 13.2 Å². The van der Waals surface area contributed by atoms with Crippen LogP contribution in [-0.2, 0) is 12.7 Å². The van der Waals surface area contributed by atoms with Crippen molar-refractivity contribution in [3.63, 3.8) is 0 Å². The average Bonchev–Trinajstić information content (AvgIpc) is 2.88. The Hall–Kier alpha value is -1.07. The van der Waals surface area contributed by atoms with Gasteiger partial charge < -0.3 is 5.32 Å². The average molecular weight is 270 g/mol. The monoisotopic (exact) mass is 270 g/mol. The van der Waals surface area contributed by atoms with E-state index in [0.29, 0.717) is 23.9 Å². The molecule has 2 heterocycles. The maximum absolute atomic E-state index is 12.9. The summed E-state index contributed by atoms with van der Waals surface area (Å²) in [7, 11) is 0. The Kier molecular flexibility index (Phi) is 3.27. The summed E-state index contributed by atoms with van der Waals surface area (Å²) in [6.07, 6.45) is -4.26. The Morgan fingerprint density at radius 2 is 1.74 bits per heavy atom. The molecule has 5 heteroatoms. The number of likely N-dealkylation sites (tertiary alicyclic amines) is 1. The zero-order chi connectivity index (χ0) is 13.5. The second-order valence-electron chi connectivity index (χ2n) is 5.53. The Balaban J connectivity index is 1.74. The van der Waals surface area contributed by atoms with Crippen molar-refractivity contribution in [1.82, 2.24) is 10.2 Å². The number of benzene rings is 1. The van der Waals surface area contributed by atoms with Crippen molar-refractivity contribution in [3.05, 3.63) is 35.4 Å². The summed E-state index contributed by atoms with van der Waals surface area (Å²) in [6.45, 7) is 4.22. The number of fused-ring (bicyclic) bond motifs is 1. The molecule has 0 bridgehead atoms. The van der Waals surface area contributed by atoms with Crippen LogP contribution in [0.4, 0.5) is 13.2 Å². The van der Waals surface area contributed by atoms with E-state index in [9.17, 15) is 13.2 Å². The summed E-state index contributed by atoms with van der Waals surface area (Å²) >= 11 is 0. The Bertz CT molecular complexity index is 446. The van der Waals surface area contributed by atoms with Gasteiger partial charge in [-0.2, -0.15) is 13.2 Å². The normalized spacial score (nSPS) is 27.7. The third-order valence-corrected chi connectivity index (χ3v) is 4.18. The van der Waals surface area contributed by atoms with E-state index in [4.69, 9.17) is 0 Å². The fourth-order valence-electron chi connectivity index (χ4n) is 3.26. The lowest BCUT2D eigenvalue weighted by molar-refractivity contribution is -0.138. The van der Waals surface area contributed by atoms with Gasteiger partial charge in [-0.05, 0) is 36.6 Å². The van der Waals surface area contributed by atoms with Crippen molar-refractivity contribution >= 4 is 0 Å². The minimum absolute atomic E-state index is 0.392. The molecule has 0 unspecified atom stereocenters. The Morgan fingerprint density at radius 1 is 1.11 bits per heavy atom. The van der Waals surface area contributed by atoms with E-state index in [1.165, 1.54) is 12.1 Å². The van der Waals surface area contributed by atoms with Crippen molar-refractivity contribution in [2.75, 3.05) is 26.2 Å². The van der Waals surface area contributed by atoms with Gasteiger partial charge in [-0.25, -0.2) is 0 Å². The number of hydrogen-bond donors (Lipinski definition) is 1. The zero-order valence-corrected chi connectivity index (χ0v) is 10.6. The second kappa shape index (κ2) is 4.80. The molecule has 1 aromatic carbocycles. The zero-order valence-electron chi connectivity index (χ0n) is 10.6. The van der Waals surface area contributed by atoms with Crippen LogP contribution >= 0.6 is 0 Å². The van der Waals surface area contributed by atoms with Crippen molar-refractivity contribution in [2.45, 2.75) is 12.7 Å². The van der Waals surface area contributed by atoms with Crippen LogP contribution in [0.15, 0.2) is 24.3 Å². The summed E-state index contributed by atoms with van der Waals surface area (Å²) in [5.74, 6) is 1.22. The number of alkyl halides is 3. The third kappa shape index (κ3) is 2.62. The van der Waals surface area contributed by atoms with Crippen LogP contribution in [0.25, 0.3) is 0 Å². The highest BCUT2D eigenvalue weighted by Gasteiger charge is 2.37. The van der Waals surface area contributed by atoms with Crippen LogP contribution < -0.4 is 5.32 Å². The number of hydrogen-bond acceptors (Lipinski definition) is 2. The lowest BCUT2D eigenvalue weighted by Gasteiger charge is -2.20. The van der Waals surface area contributed by atoms with Gasteiger partial charge in [0.1, 0.15) is 0 Å². The minimum Gasteiger partial charge on any atom is -0.316 e. The van der Waals surface area contributed by atoms with Crippen LogP contribution in [0, 0.1) is 11.8 Å². The Labute approximate surface area is 110 Å². The van der Waals surface area contributed by atoms with E-state index in [-0.39, 0.29) is 0 Å². The first-order valence-electron chi connectivity index (χ1n) is 6.62. The molecule has 0 aliphatic carbocycles. The SMILES string of the molecule is FC(F)(F)c1ccccc1CN1C[C@H]2CNC[C@H]2C1. The first-order valence-corrected chi connectivity index (χ1v) is 6.62. The van der Waals surface area contributed by atoms with Gasteiger partial charge in [-0.3, -0.25) is 4.90 Å². The predicted molar refractivity (Wildman–Crippen MR) is 66.6 cm³/mol. The molecule has 19 heavy (non-hydrogen) atoms. The molecule has 2 nitrogen and oxygen atoms in total. The molecule has 0 amide bonds. The molecule has 2 aliphatic heterocycles. The van der Waals surface area contributed by atoms with Crippen LogP contribution in [-0.4, -0.2) is 31.1 Å². The molecule has 2 saturated heterocycles. The molecule has 2 atom stereocenters. The van der Waals surface area contributed by atoms with Gasteiger partial charge in [0.15, 0.2) is 0 Å². The third-order valence-electron chi connectivity index (χ3n) is 4.18. The van der Waals surface area contributed by atoms with Gasteiger partial charge in [0.25, 0.3) is 0 Å². The standard InChI is InChI=1S/C14H17F3N2/c15-14(16,17)13-4-2-1-3-10(13)7-19-8-11-5-18-6-12(11)9-19/h1-4,11-12,18H,5-9H2/t11-,12+. The molecule has 0 spiro atoms. The fraction of sp³-hybridized carbons (Fsp3) is 0.571. The lowest BCUT2D eigenvalue weighted by Crippen LogP contribution is -2.26. The maximum Gasteiger partial charge on any atom is 0.416 e. The van der Waals surface area contributed by atoms with Crippen molar-refractivity contribution in [2.24, 2.45) is 11.8 Å². The second-order valence-corrected chi connectivity index (χ2v) is 5.53. The first-order chi connectivity index (χ1) is 9.04. The lowest BCUT2D eigenvalue weighted by atomic mass is 10.0. The number of nitrogens with one attached hydrogen (secondary N) is 1. The largest absolute Gasteiger partial charge is 0.416 e. The molecule has 2 aliphatic rings. The smallest absolute Gasteiger partial charge is 0.316 e. The van der Waals surface area contributed by atoms with Crippen LogP contribution in [0.1, 0.15) is 11.1 Å². The highest BCUT2D eigenvalue weighted by Crippen LogP contribution is 2.34. The van der Waals surface area contributed by atoms with E-state index in [1.54, 1.807) is 12.1 Å². The van der Waals surface area contributed by atoms with Gasteiger partial charge in [0.2, 0.25) is 0 Å². The molecule has 2 fully saturated rings. The number of halogens is 3. The Morgan fingerprint density at radius 3 is 2.37 bits per heavy atom. The number of rotatable bonds is 2. The molecule has 104 valence electrons. The molecule has 1 aromatic rings. The summed E-state index contributed by atoms with van der Waals surface area (Å²) in [4.78, 5) is 2.15. The fourth-order valence-corrected chi connectivity index (χ4v) is 3.26. The van der Waals surface area contributed by atoms with Gasteiger partial charge in [0, 0.05) is 19.6 Å². The quantitative estimate of drug-likeness (QED) is 0.887. The molecule has 1 N–H and O–H groups in total. The molecular weight excluding hydrogens is 253 g/mol. The van der Waals surface area contributed by atoms with Crippen LogP contribution in [0.3, 0.4) is 0 Å². The topological polar surface area (TPSA) is 15.3 Å². The molecule has 0 aromatic heterocycles. The van der Waals surface area contributed by atoms with Crippen LogP contribution in [0.2, 0.25) is 0 Å². The highest BCUT2D eigenvalue weighted by atomic mass is 19.4. The predicted octanol–water partition coefficient (Wildman–Crippen LogP) is 2.36. The van der Waals surface area contributed by atoms with Crippen molar-refractivity contribution in [3.8, 4) is 0 Å².